The molecule has 0 unspecified atom stereocenters. The van der Waals surface area contributed by atoms with Crippen molar-refractivity contribution in [2.24, 2.45) is 4.99 Å². The number of carbonyl (C=O) groups excluding carboxylic acids is 1. The molecule has 2 N–H and O–H groups in total. The number of hydrogen-bond acceptors (Lipinski definition) is 3. The molecule has 0 bridgehead atoms. The van der Waals surface area contributed by atoms with Crippen molar-refractivity contribution in [1.82, 2.24) is 20.4 Å². The third kappa shape index (κ3) is 6.80. The molecule has 0 aromatic carbocycles. The zero-order valence-electron chi connectivity index (χ0n) is 13.8. The first-order valence-corrected chi connectivity index (χ1v) is 8.23. The van der Waals surface area contributed by atoms with Crippen LogP contribution in [0, 0.1) is 0 Å². The quantitative estimate of drug-likeness (QED) is 0.506. The fraction of sp³-hybridized carbons (Fsp3) is 0.867. The number of aliphatic imine (C=N–C) groups is 1. The average Bonchev–Trinajstić information content (AvgIpc) is 3.03. The summed E-state index contributed by atoms with van der Waals surface area (Å²) >= 11 is 0. The van der Waals surface area contributed by atoms with Crippen LogP contribution < -0.4 is 10.6 Å². The predicted octanol–water partition coefficient (Wildman–Crippen LogP) is 0.506. The summed E-state index contributed by atoms with van der Waals surface area (Å²) in [5.41, 5.74) is 0. The standard InChI is InChI=1S/C15H31N5O/c1-4-16-15(17-9-12-19(5-2)6-3)18-13-14(21)20-10-7-8-11-20/h4-13H2,1-3H3,(H2,16,17,18). The van der Waals surface area contributed by atoms with Crippen LogP contribution in [-0.4, -0.2) is 74.0 Å². The van der Waals surface area contributed by atoms with Crippen LogP contribution in [0.2, 0.25) is 0 Å². The molecule has 0 radical (unpaired) electrons. The van der Waals surface area contributed by atoms with E-state index in [-0.39, 0.29) is 12.5 Å². The lowest BCUT2D eigenvalue weighted by molar-refractivity contribution is -0.128. The van der Waals surface area contributed by atoms with Gasteiger partial charge in [0.2, 0.25) is 5.91 Å². The molecule has 122 valence electrons. The maximum absolute atomic E-state index is 12.0. The topological polar surface area (TPSA) is 60.0 Å². The van der Waals surface area contributed by atoms with Crippen molar-refractivity contribution in [3.63, 3.8) is 0 Å². The molecule has 1 heterocycles. The van der Waals surface area contributed by atoms with Crippen LogP contribution in [0.4, 0.5) is 0 Å². The first-order chi connectivity index (χ1) is 10.2. The fourth-order valence-electron chi connectivity index (χ4n) is 2.43. The summed E-state index contributed by atoms with van der Waals surface area (Å²) < 4.78 is 0. The largest absolute Gasteiger partial charge is 0.357 e. The molecule has 1 aliphatic heterocycles. The van der Waals surface area contributed by atoms with E-state index >= 15 is 0 Å². The SMILES string of the molecule is CCNC(=NCC(=O)N1CCCC1)NCCN(CC)CC. The molecule has 0 saturated carbocycles. The van der Waals surface area contributed by atoms with E-state index in [1.54, 1.807) is 0 Å². The van der Waals surface area contributed by atoms with E-state index in [4.69, 9.17) is 0 Å². The molecule has 0 aromatic heterocycles. The Morgan fingerprint density at radius 2 is 1.81 bits per heavy atom. The summed E-state index contributed by atoms with van der Waals surface area (Å²) in [7, 11) is 0. The van der Waals surface area contributed by atoms with Gasteiger partial charge >= 0.3 is 0 Å². The van der Waals surface area contributed by atoms with Crippen LogP contribution in [0.3, 0.4) is 0 Å². The second-order valence-electron chi connectivity index (χ2n) is 5.24. The smallest absolute Gasteiger partial charge is 0.244 e. The maximum atomic E-state index is 12.0. The van der Waals surface area contributed by atoms with Crippen LogP contribution in [0.1, 0.15) is 33.6 Å². The molecule has 0 spiro atoms. The Morgan fingerprint density at radius 3 is 2.38 bits per heavy atom. The summed E-state index contributed by atoms with van der Waals surface area (Å²) in [5, 5.41) is 6.48. The van der Waals surface area contributed by atoms with Gasteiger partial charge in [-0.1, -0.05) is 13.8 Å². The minimum atomic E-state index is 0.133. The first kappa shape index (κ1) is 17.8. The van der Waals surface area contributed by atoms with Gasteiger partial charge in [0.05, 0.1) is 0 Å². The van der Waals surface area contributed by atoms with E-state index in [1.807, 2.05) is 11.8 Å². The predicted molar refractivity (Wildman–Crippen MR) is 87.6 cm³/mol. The minimum absolute atomic E-state index is 0.133. The number of likely N-dealkylation sites (tertiary alicyclic amines) is 1. The van der Waals surface area contributed by atoms with Crippen molar-refractivity contribution in [3.8, 4) is 0 Å². The number of likely N-dealkylation sites (N-methyl/N-ethyl adjacent to an activating group) is 1. The Bertz CT molecular complexity index is 322. The summed E-state index contributed by atoms with van der Waals surface area (Å²) in [5.74, 6) is 0.866. The van der Waals surface area contributed by atoms with Crippen molar-refractivity contribution in [2.75, 3.05) is 52.4 Å². The highest BCUT2D eigenvalue weighted by molar-refractivity contribution is 5.85. The van der Waals surface area contributed by atoms with Gasteiger partial charge in [-0.25, -0.2) is 4.99 Å². The minimum Gasteiger partial charge on any atom is -0.357 e. The summed E-state index contributed by atoms with van der Waals surface area (Å²) in [6.07, 6.45) is 2.25. The number of hydrogen-bond donors (Lipinski definition) is 2. The molecule has 0 aromatic rings. The highest BCUT2D eigenvalue weighted by Gasteiger charge is 2.17. The molecular weight excluding hydrogens is 266 g/mol. The normalized spacial score (nSPS) is 15.6. The number of guanidine groups is 1. The monoisotopic (exact) mass is 297 g/mol. The van der Waals surface area contributed by atoms with Gasteiger partial charge in [-0.2, -0.15) is 0 Å². The molecule has 0 atom stereocenters. The number of nitrogens with zero attached hydrogens (tertiary/aromatic N) is 3. The van der Waals surface area contributed by atoms with E-state index in [1.165, 1.54) is 0 Å². The Morgan fingerprint density at radius 1 is 1.14 bits per heavy atom. The average molecular weight is 297 g/mol. The van der Waals surface area contributed by atoms with Crippen molar-refractivity contribution in [2.45, 2.75) is 33.6 Å². The van der Waals surface area contributed by atoms with Gasteiger partial charge in [-0.15, -0.1) is 0 Å². The molecule has 1 amide bonds. The Hall–Kier alpha value is -1.30. The second-order valence-corrected chi connectivity index (χ2v) is 5.24. The lowest BCUT2D eigenvalue weighted by atomic mass is 10.4. The van der Waals surface area contributed by atoms with Gasteiger partial charge in [0.15, 0.2) is 5.96 Å². The summed E-state index contributed by atoms with van der Waals surface area (Å²) in [6, 6.07) is 0. The van der Waals surface area contributed by atoms with Crippen molar-refractivity contribution in [3.05, 3.63) is 0 Å². The molecule has 1 aliphatic rings. The van der Waals surface area contributed by atoms with Crippen molar-refractivity contribution in [1.29, 1.82) is 0 Å². The van der Waals surface area contributed by atoms with Crippen LogP contribution >= 0.6 is 0 Å². The Balaban J connectivity index is 2.36. The number of nitrogens with one attached hydrogen (secondary N) is 2. The van der Waals surface area contributed by atoms with Gasteiger partial charge in [-0.3, -0.25) is 4.79 Å². The number of rotatable bonds is 8. The van der Waals surface area contributed by atoms with E-state index < -0.39 is 0 Å². The van der Waals surface area contributed by atoms with Gasteiger partial charge in [-0.05, 0) is 32.9 Å². The Kier molecular flexibility index (Phi) is 8.82. The van der Waals surface area contributed by atoms with Crippen molar-refractivity contribution < 1.29 is 4.79 Å². The summed E-state index contributed by atoms with van der Waals surface area (Å²) in [6.45, 7) is 13.1. The lowest BCUT2D eigenvalue weighted by Crippen LogP contribution is -2.42. The molecule has 21 heavy (non-hydrogen) atoms. The molecule has 1 rings (SSSR count). The van der Waals surface area contributed by atoms with Crippen LogP contribution in [-0.2, 0) is 4.79 Å². The van der Waals surface area contributed by atoms with E-state index in [0.717, 1.165) is 64.6 Å². The highest BCUT2D eigenvalue weighted by Crippen LogP contribution is 2.07. The molecule has 6 heteroatoms. The molecular formula is C15H31N5O. The zero-order valence-corrected chi connectivity index (χ0v) is 13.8. The molecule has 0 aliphatic carbocycles. The zero-order chi connectivity index (χ0) is 15.5. The third-order valence-electron chi connectivity index (χ3n) is 3.79. The van der Waals surface area contributed by atoms with Gasteiger partial charge in [0.1, 0.15) is 6.54 Å². The van der Waals surface area contributed by atoms with E-state index in [9.17, 15) is 4.79 Å². The fourth-order valence-corrected chi connectivity index (χ4v) is 2.43. The van der Waals surface area contributed by atoms with Crippen LogP contribution in [0.5, 0.6) is 0 Å². The van der Waals surface area contributed by atoms with E-state index in [2.05, 4.69) is 34.4 Å². The first-order valence-electron chi connectivity index (χ1n) is 8.23. The Labute approximate surface area is 129 Å². The molecule has 6 nitrogen and oxygen atoms in total. The molecule has 1 fully saturated rings. The second kappa shape index (κ2) is 10.4. The summed E-state index contributed by atoms with van der Waals surface area (Å²) in [4.78, 5) is 20.6. The molecule has 1 saturated heterocycles. The number of amides is 1. The van der Waals surface area contributed by atoms with Gasteiger partial charge < -0.3 is 20.4 Å². The van der Waals surface area contributed by atoms with Crippen LogP contribution in [0.15, 0.2) is 4.99 Å². The van der Waals surface area contributed by atoms with Gasteiger partial charge in [0.25, 0.3) is 0 Å². The number of carbonyl (C=O) groups is 1. The maximum Gasteiger partial charge on any atom is 0.244 e. The lowest BCUT2D eigenvalue weighted by Gasteiger charge is -2.19. The van der Waals surface area contributed by atoms with E-state index in [0.29, 0.717) is 0 Å². The van der Waals surface area contributed by atoms with Crippen LogP contribution in [0.25, 0.3) is 0 Å². The third-order valence-corrected chi connectivity index (χ3v) is 3.79. The highest BCUT2D eigenvalue weighted by atomic mass is 16.2. The van der Waals surface area contributed by atoms with Gasteiger partial charge in [0, 0.05) is 32.7 Å². The van der Waals surface area contributed by atoms with Crippen molar-refractivity contribution >= 4 is 11.9 Å².